The van der Waals surface area contributed by atoms with Crippen LogP contribution in [0.15, 0.2) is 42.5 Å². The fourth-order valence-electron chi connectivity index (χ4n) is 2.34. The van der Waals surface area contributed by atoms with E-state index in [1.807, 2.05) is 0 Å². The highest BCUT2D eigenvalue weighted by Gasteiger charge is 2.30. The van der Waals surface area contributed by atoms with Gasteiger partial charge in [-0.05, 0) is 43.7 Å². The van der Waals surface area contributed by atoms with E-state index >= 15 is 0 Å². The van der Waals surface area contributed by atoms with Gasteiger partial charge in [-0.15, -0.1) is 0 Å². The summed E-state index contributed by atoms with van der Waals surface area (Å²) in [5, 5.41) is 12.4. The number of carbonyl (C=O) groups excluding carboxylic acids is 1. The normalized spacial score (nSPS) is 12.8. The van der Waals surface area contributed by atoms with Gasteiger partial charge in [-0.25, -0.2) is 13.2 Å². The van der Waals surface area contributed by atoms with E-state index in [0.717, 1.165) is 12.1 Å². The second-order valence-electron chi connectivity index (χ2n) is 5.99. The van der Waals surface area contributed by atoms with Gasteiger partial charge in [-0.2, -0.15) is 0 Å². The van der Waals surface area contributed by atoms with Crippen molar-refractivity contribution in [2.45, 2.75) is 25.4 Å². The molecule has 6 heteroatoms. The molecule has 3 nitrogen and oxygen atoms in total. The predicted octanol–water partition coefficient (Wildman–Crippen LogP) is 3.23. The Balaban J connectivity index is 2.08. The molecule has 2 N–H and O–H groups in total. The third kappa shape index (κ3) is 3.76. The molecule has 1 unspecified atom stereocenters. The minimum atomic E-state index is -1.51. The molecule has 24 heavy (non-hydrogen) atoms. The summed E-state index contributed by atoms with van der Waals surface area (Å²) in [7, 11) is 0. The highest BCUT2D eigenvalue weighted by molar-refractivity contribution is 5.87. The van der Waals surface area contributed by atoms with E-state index in [9.17, 15) is 23.1 Å². The Hall–Kier alpha value is -2.34. The largest absolute Gasteiger partial charge is 0.386 e. The number of carbonyl (C=O) groups is 1. The maximum Gasteiger partial charge on any atom is 0.230 e. The minimum absolute atomic E-state index is 0.346. The number of aliphatic hydroxyl groups excluding tert-OH is 1. The third-order valence-electron chi connectivity index (χ3n) is 3.92. The lowest BCUT2D eigenvalue weighted by Gasteiger charge is -2.25. The molecule has 1 amide bonds. The molecule has 0 saturated carbocycles. The van der Waals surface area contributed by atoms with Crippen LogP contribution in [0.3, 0.4) is 0 Å². The summed E-state index contributed by atoms with van der Waals surface area (Å²) < 4.78 is 40.2. The molecule has 1 atom stereocenters. The van der Waals surface area contributed by atoms with Crippen LogP contribution in [0.1, 0.15) is 31.1 Å². The molecule has 0 heterocycles. The molecule has 0 aliphatic rings. The first-order valence-corrected chi connectivity index (χ1v) is 7.40. The van der Waals surface area contributed by atoms with Crippen LogP contribution in [0, 0.1) is 17.5 Å². The smallest absolute Gasteiger partial charge is 0.230 e. The third-order valence-corrected chi connectivity index (χ3v) is 3.92. The van der Waals surface area contributed by atoms with Gasteiger partial charge in [0.25, 0.3) is 0 Å². The SMILES string of the molecule is CC(C)(C(=O)NCC(O)c1c(F)cccc1F)c1ccc(F)cc1. The van der Waals surface area contributed by atoms with E-state index < -0.39 is 40.4 Å². The zero-order valence-corrected chi connectivity index (χ0v) is 13.3. The maximum absolute atomic E-state index is 13.6. The zero-order chi connectivity index (χ0) is 17.9. The van der Waals surface area contributed by atoms with E-state index in [2.05, 4.69) is 5.32 Å². The predicted molar refractivity (Wildman–Crippen MR) is 83.8 cm³/mol. The van der Waals surface area contributed by atoms with Gasteiger partial charge in [0, 0.05) is 6.54 Å². The van der Waals surface area contributed by atoms with Crippen LogP contribution in [0.25, 0.3) is 0 Å². The number of aliphatic hydroxyl groups is 1. The van der Waals surface area contributed by atoms with Crippen LogP contribution in [0.5, 0.6) is 0 Å². The van der Waals surface area contributed by atoms with E-state index in [4.69, 9.17) is 0 Å². The molecule has 0 aliphatic carbocycles. The van der Waals surface area contributed by atoms with Crippen LogP contribution in [-0.2, 0) is 10.2 Å². The van der Waals surface area contributed by atoms with Gasteiger partial charge in [0.15, 0.2) is 0 Å². The Morgan fingerprint density at radius 2 is 1.62 bits per heavy atom. The molecule has 0 bridgehead atoms. The molecule has 0 radical (unpaired) electrons. The summed E-state index contributed by atoms with van der Waals surface area (Å²) in [5.41, 5.74) is -0.911. The molecular weight excluding hydrogens is 319 g/mol. The molecule has 0 aromatic heterocycles. The number of amides is 1. The highest BCUT2D eigenvalue weighted by Crippen LogP contribution is 2.24. The maximum atomic E-state index is 13.6. The minimum Gasteiger partial charge on any atom is -0.386 e. The number of hydrogen-bond acceptors (Lipinski definition) is 2. The van der Waals surface area contributed by atoms with E-state index in [0.29, 0.717) is 5.56 Å². The number of halogens is 3. The van der Waals surface area contributed by atoms with Crippen LogP contribution in [0.2, 0.25) is 0 Å². The van der Waals surface area contributed by atoms with Crippen molar-refractivity contribution in [3.05, 3.63) is 71.0 Å². The molecule has 128 valence electrons. The first-order valence-electron chi connectivity index (χ1n) is 7.40. The lowest BCUT2D eigenvalue weighted by Crippen LogP contribution is -2.41. The number of hydrogen-bond donors (Lipinski definition) is 2. The summed E-state index contributed by atoms with van der Waals surface area (Å²) in [6.07, 6.45) is -1.51. The van der Waals surface area contributed by atoms with Crippen LogP contribution >= 0.6 is 0 Å². The Bertz CT molecular complexity index is 709. The van der Waals surface area contributed by atoms with Crippen molar-refractivity contribution in [1.82, 2.24) is 5.32 Å². The van der Waals surface area contributed by atoms with Crippen molar-refractivity contribution in [2.24, 2.45) is 0 Å². The second kappa shape index (κ2) is 7.05. The molecule has 0 aliphatic heterocycles. The van der Waals surface area contributed by atoms with Crippen molar-refractivity contribution in [2.75, 3.05) is 6.54 Å². The summed E-state index contributed by atoms with van der Waals surface area (Å²) in [6, 6.07) is 8.72. The van der Waals surface area contributed by atoms with Crippen LogP contribution in [0.4, 0.5) is 13.2 Å². The lowest BCUT2D eigenvalue weighted by molar-refractivity contribution is -0.126. The second-order valence-corrected chi connectivity index (χ2v) is 5.99. The van der Waals surface area contributed by atoms with Crippen molar-refractivity contribution in [3.8, 4) is 0 Å². The monoisotopic (exact) mass is 337 g/mol. The average Bonchev–Trinajstić information content (AvgIpc) is 2.52. The van der Waals surface area contributed by atoms with Gasteiger partial charge < -0.3 is 10.4 Å². The van der Waals surface area contributed by atoms with Crippen LogP contribution in [-0.4, -0.2) is 17.6 Å². The summed E-state index contributed by atoms with van der Waals surface area (Å²) in [6.45, 7) is 2.92. The number of benzene rings is 2. The van der Waals surface area contributed by atoms with Crippen LogP contribution < -0.4 is 5.32 Å². The van der Waals surface area contributed by atoms with Crippen molar-refractivity contribution < 1.29 is 23.1 Å². The molecule has 2 aromatic carbocycles. The highest BCUT2D eigenvalue weighted by atomic mass is 19.1. The lowest BCUT2D eigenvalue weighted by atomic mass is 9.83. The van der Waals surface area contributed by atoms with E-state index in [-0.39, 0.29) is 6.54 Å². The van der Waals surface area contributed by atoms with E-state index in [1.165, 1.54) is 30.3 Å². The Morgan fingerprint density at radius 1 is 1.08 bits per heavy atom. The average molecular weight is 337 g/mol. The zero-order valence-electron chi connectivity index (χ0n) is 13.3. The molecule has 0 fully saturated rings. The fourth-order valence-corrected chi connectivity index (χ4v) is 2.34. The van der Waals surface area contributed by atoms with Gasteiger partial charge in [0.05, 0.1) is 11.0 Å². The standard InChI is InChI=1S/C18H18F3NO2/c1-18(2,11-6-8-12(19)9-7-11)17(24)22-10-15(23)16-13(20)4-3-5-14(16)21/h3-9,15,23H,10H2,1-2H3,(H,22,24). The Morgan fingerprint density at radius 3 is 2.17 bits per heavy atom. The van der Waals surface area contributed by atoms with Crippen molar-refractivity contribution in [1.29, 1.82) is 0 Å². The van der Waals surface area contributed by atoms with Gasteiger partial charge in [-0.3, -0.25) is 4.79 Å². The molecule has 0 spiro atoms. The van der Waals surface area contributed by atoms with E-state index in [1.54, 1.807) is 13.8 Å². The molecule has 2 aromatic rings. The molecule has 2 rings (SSSR count). The van der Waals surface area contributed by atoms with Gasteiger partial charge in [0.2, 0.25) is 5.91 Å². The number of nitrogens with one attached hydrogen (secondary N) is 1. The van der Waals surface area contributed by atoms with Crippen molar-refractivity contribution >= 4 is 5.91 Å². The summed E-state index contributed by atoms with van der Waals surface area (Å²) in [5.74, 6) is -2.63. The number of rotatable bonds is 5. The summed E-state index contributed by atoms with van der Waals surface area (Å²) >= 11 is 0. The molecular formula is C18H18F3NO2. The first kappa shape index (κ1) is 18.0. The van der Waals surface area contributed by atoms with Gasteiger partial charge in [0.1, 0.15) is 23.6 Å². The van der Waals surface area contributed by atoms with Gasteiger partial charge in [-0.1, -0.05) is 18.2 Å². The Labute approximate surface area is 138 Å². The van der Waals surface area contributed by atoms with Crippen molar-refractivity contribution in [3.63, 3.8) is 0 Å². The fraction of sp³-hybridized carbons (Fsp3) is 0.278. The Kier molecular flexibility index (Phi) is 5.29. The van der Waals surface area contributed by atoms with Gasteiger partial charge >= 0.3 is 0 Å². The topological polar surface area (TPSA) is 49.3 Å². The first-order chi connectivity index (χ1) is 11.2. The molecule has 0 saturated heterocycles. The quantitative estimate of drug-likeness (QED) is 0.880. The summed E-state index contributed by atoms with van der Waals surface area (Å²) in [4.78, 5) is 12.4.